The molecule has 0 amide bonds. The highest BCUT2D eigenvalue weighted by Gasteiger charge is 2.21. The van der Waals surface area contributed by atoms with Gasteiger partial charge < -0.3 is 9.64 Å². The molecule has 3 rings (SSSR count). The summed E-state index contributed by atoms with van der Waals surface area (Å²) in [6, 6.07) is 20.2. The molecule has 0 saturated carbocycles. The number of nitrogens with zero attached hydrogens (tertiary/aromatic N) is 1. The lowest BCUT2D eigenvalue weighted by Gasteiger charge is -2.26. The van der Waals surface area contributed by atoms with Crippen molar-refractivity contribution in [3.63, 3.8) is 0 Å². The van der Waals surface area contributed by atoms with Crippen LogP contribution in [0.4, 0.5) is 0 Å². The number of hydrogen-bond donors (Lipinski definition) is 0. The number of rotatable bonds is 4. The molecule has 116 valence electrons. The molecule has 0 saturated heterocycles. The molecule has 0 spiro atoms. The van der Waals surface area contributed by atoms with Crippen molar-refractivity contribution in [1.29, 1.82) is 0 Å². The number of carbonyl (C=O) groups excluding carboxylic acids is 1. The van der Waals surface area contributed by atoms with Crippen LogP contribution in [-0.4, -0.2) is 24.5 Å². The largest absolute Gasteiger partial charge is 0.465 e. The number of carbonyl (C=O) groups is 1. The molecular weight excluding hydrogens is 286 g/mol. The molecule has 3 nitrogen and oxygen atoms in total. The van der Waals surface area contributed by atoms with E-state index in [4.69, 9.17) is 4.74 Å². The third kappa shape index (κ3) is 3.51. The molecule has 23 heavy (non-hydrogen) atoms. The Labute approximate surface area is 136 Å². The number of methoxy groups -OCH3 is 1. The zero-order chi connectivity index (χ0) is 16.1. The predicted octanol–water partition coefficient (Wildman–Crippen LogP) is 3.64. The fourth-order valence-electron chi connectivity index (χ4n) is 2.72. The molecule has 0 unspecified atom stereocenters. The van der Waals surface area contributed by atoms with Crippen LogP contribution in [0.2, 0.25) is 0 Å². The van der Waals surface area contributed by atoms with Gasteiger partial charge in [0, 0.05) is 19.3 Å². The van der Waals surface area contributed by atoms with E-state index in [9.17, 15) is 4.79 Å². The fourth-order valence-corrected chi connectivity index (χ4v) is 2.72. The van der Waals surface area contributed by atoms with Crippen LogP contribution in [0.3, 0.4) is 0 Å². The summed E-state index contributed by atoms with van der Waals surface area (Å²) in [5, 5.41) is 0. The quantitative estimate of drug-likeness (QED) is 0.808. The lowest BCUT2D eigenvalue weighted by atomic mass is 9.96. The first-order chi connectivity index (χ1) is 11.3. The maximum Gasteiger partial charge on any atom is 0.339 e. The lowest BCUT2D eigenvalue weighted by molar-refractivity contribution is -0.135. The fraction of sp³-hybridized carbons (Fsp3) is 0.150. The predicted molar refractivity (Wildman–Crippen MR) is 91.4 cm³/mol. The van der Waals surface area contributed by atoms with E-state index in [2.05, 4.69) is 23.1 Å². The molecule has 1 heterocycles. The Kier molecular flexibility index (Phi) is 4.57. The zero-order valence-corrected chi connectivity index (χ0v) is 13.1. The van der Waals surface area contributed by atoms with Crippen molar-refractivity contribution < 1.29 is 9.53 Å². The van der Waals surface area contributed by atoms with Gasteiger partial charge in [-0.1, -0.05) is 66.7 Å². The summed E-state index contributed by atoms with van der Waals surface area (Å²) in [5.41, 5.74) is 3.77. The van der Waals surface area contributed by atoms with E-state index in [1.165, 1.54) is 12.7 Å². The summed E-state index contributed by atoms with van der Waals surface area (Å²) in [6.07, 6.45) is 3.99. The Bertz CT molecular complexity index is 733. The summed E-state index contributed by atoms with van der Waals surface area (Å²) in [5.74, 6) is -0.308. The Hall–Kier alpha value is -2.81. The van der Waals surface area contributed by atoms with Gasteiger partial charge in [-0.25, -0.2) is 4.79 Å². The van der Waals surface area contributed by atoms with E-state index in [1.807, 2.05) is 54.7 Å². The Morgan fingerprint density at radius 1 is 1.04 bits per heavy atom. The van der Waals surface area contributed by atoms with Crippen LogP contribution < -0.4 is 0 Å². The van der Waals surface area contributed by atoms with E-state index >= 15 is 0 Å². The normalized spacial score (nSPS) is 14.0. The third-order valence-electron chi connectivity index (χ3n) is 3.85. The second-order valence-corrected chi connectivity index (χ2v) is 5.43. The lowest BCUT2D eigenvalue weighted by Crippen LogP contribution is -2.24. The first kappa shape index (κ1) is 15.1. The molecule has 0 radical (unpaired) electrons. The topological polar surface area (TPSA) is 29.5 Å². The maximum atomic E-state index is 12.2. The first-order valence-electron chi connectivity index (χ1n) is 7.62. The van der Waals surface area contributed by atoms with E-state index in [1.54, 1.807) is 0 Å². The average molecular weight is 305 g/mol. The average Bonchev–Trinajstić information content (AvgIpc) is 2.62. The highest BCUT2D eigenvalue weighted by atomic mass is 16.5. The Balaban J connectivity index is 1.87. The van der Waals surface area contributed by atoms with Crippen LogP contribution in [0, 0.1) is 0 Å². The van der Waals surface area contributed by atoms with Gasteiger partial charge in [-0.15, -0.1) is 0 Å². The van der Waals surface area contributed by atoms with Gasteiger partial charge in [-0.05, 0) is 16.7 Å². The van der Waals surface area contributed by atoms with Crippen molar-refractivity contribution in [3.05, 3.63) is 89.6 Å². The number of benzene rings is 2. The second-order valence-electron chi connectivity index (χ2n) is 5.43. The number of esters is 1. The van der Waals surface area contributed by atoms with Crippen LogP contribution in [0.5, 0.6) is 0 Å². The third-order valence-corrected chi connectivity index (χ3v) is 3.85. The van der Waals surface area contributed by atoms with Gasteiger partial charge in [0.1, 0.15) is 0 Å². The van der Waals surface area contributed by atoms with Gasteiger partial charge in [0.2, 0.25) is 0 Å². The van der Waals surface area contributed by atoms with Gasteiger partial charge in [0.25, 0.3) is 0 Å². The van der Waals surface area contributed by atoms with E-state index < -0.39 is 0 Å². The van der Waals surface area contributed by atoms with Crippen molar-refractivity contribution in [2.24, 2.45) is 0 Å². The standard InChI is InChI=1S/C20H19NO2/c1-23-20(22)19-15-21(14-16-8-4-2-5-9-16)13-12-18(19)17-10-6-3-7-11-17/h2-12,15H,13-14H2,1H3. The highest BCUT2D eigenvalue weighted by Crippen LogP contribution is 2.28. The summed E-state index contributed by atoms with van der Waals surface area (Å²) >= 11 is 0. The van der Waals surface area contributed by atoms with Crippen molar-refractivity contribution in [1.82, 2.24) is 4.90 Å². The summed E-state index contributed by atoms with van der Waals surface area (Å²) in [6.45, 7) is 1.53. The smallest absolute Gasteiger partial charge is 0.339 e. The summed E-state index contributed by atoms with van der Waals surface area (Å²) < 4.78 is 4.97. The molecule has 0 bridgehead atoms. The van der Waals surface area contributed by atoms with Crippen LogP contribution in [0.25, 0.3) is 5.57 Å². The van der Waals surface area contributed by atoms with Crippen LogP contribution >= 0.6 is 0 Å². The van der Waals surface area contributed by atoms with Crippen LogP contribution in [0.15, 0.2) is 78.5 Å². The summed E-state index contributed by atoms with van der Waals surface area (Å²) in [7, 11) is 1.42. The van der Waals surface area contributed by atoms with Crippen molar-refractivity contribution in [2.45, 2.75) is 6.54 Å². The van der Waals surface area contributed by atoms with E-state index in [-0.39, 0.29) is 5.97 Å². The minimum absolute atomic E-state index is 0.308. The molecule has 1 aliphatic rings. The van der Waals surface area contributed by atoms with Crippen LogP contribution in [-0.2, 0) is 16.1 Å². The SMILES string of the molecule is COC(=O)C1=CN(Cc2ccccc2)CC=C1c1ccccc1. The molecule has 1 aliphatic heterocycles. The molecule has 2 aromatic carbocycles. The van der Waals surface area contributed by atoms with Crippen molar-refractivity contribution in [2.75, 3.05) is 13.7 Å². The van der Waals surface area contributed by atoms with Crippen molar-refractivity contribution >= 4 is 11.5 Å². The van der Waals surface area contributed by atoms with Gasteiger partial charge in [-0.3, -0.25) is 0 Å². The molecule has 3 heteroatoms. The molecule has 0 aliphatic carbocycles. The minimum Gasteiger partial charge on any atom is -0.465 e. The van der Waals surface area contributed by atoms with Gasteiger partial charge in [-0.2, -0.15) is 0 Å². The first-order valence-corrected chi connectivity index (χ1v) is 7.62. The monoisotopic (exact) mass is 305 g/mol. The van der Waals surface area contributed by atoms with E-state index in [0.717, 1.165) is 24.2 Å². The molecular formula is C20H19NO2. The Morgan fingerprint density at radius 2 is 1.70 bits per heavy atom. The molecule has 0 N–H and O–H groups in total. The van der Waals surface area contributed by atoms with Gasteiger partial charge in [0.05, 0.1) is 12.7 Å². The van der Waals surface area contributed by atoms with Crippen LogP contribution in [0.1, 0.15) is 11.1 Å². The molecule has 0 atom stereocenters. The Morgan fingerprint density at radius 3 is 2.35 bits per heavy atom. The van der Waals surface area contributed by atoms with E-state index in [0.29, 0.717) is 5.57 Å². The maximum absolute atomic E-state index is 12.2. The highest BCUT2D eigenvalue weighted by molar-refractivity contribution is 6.06. The minimum atomic E-state index is -0.308. The van der Waals surface area contributed by atoms with Gasteiger partial charge >= 0.3 is 5.97 Å². The molecule has 0 fully saturated rings. The molecule has 0 aromatic heterocycles. The van der Waals surface area contributed by atoms with Crippen molar-refractivity contribution in [3.8, 4) is 0 Å². The summed E-state index contributed by atoms with van der Waals surface area (Å²) in [4.78, 5) is 14.3. The zero-order valence-electron chi connectivity index (χ0n) is 13.1. The number of ether oxygens (including phenoxy) is 1. The molecule has 2 aromatic rings. The second kappa shape index (κ2) is 6.97. The van der Waals surface area contributed by atoms with Gasteiger partial charge in [0.15, 0.2) is 0 Å². The number of hydrogen-bond acceptors (Lipinski definition) is 3.